The third-order valence-corrected chi connectivity index (χ3v) is 2.20. The van der Waals surface area contributed by atoms with Crippen LogP contribution in [-0.4, -0.2) is 35.7 Å². The fourth-order valence-corrected chi connectivity index (χ4v) is 1.35. The molecule has 2 nitrogen and oxygen atoms in total. The molecule has 1 N–H and O–H groups in total. The molecule has 1 atom stereocenters. The van der Waals surface area contributed by atoms with Crippen molar-refractivity contribution in [2.45, 2.75) is 40.2 Å². The topological polar surface area (TPSA) is 23.5 Å². The highest BCUT2D eigenvalue weighted by atomic mass is 16.3. The van der Waals surface area contributed by atoms with Crippen molar-refractivity contribution in [3.8, 4) is 0 Å². The highest BCUT2D eigenvalue weighted by Gasteiger charge is 2.11. The first-order chi connectivity index (χ1) is 5.61. The van der Waals surface area contributed by atoms with Crippen LogP contribution in [0.15, 0.2) is 0 Å². The number of aliphatic hydroxyl groups is 1. The van der Waals surface area contributed by atoms with Gasteiger partial charge in [0.1, 0.15) is 0 Å². The zero-order valence-corrected chi connectivity index (χ0v) is 8.88. The Kier molecular flexibility index (Phi) is 6.39. The Morgan fingerprint density at radius 1 is 1.25 bits per heavy atom. The van der Waals surface area contributed by atoms with E-state index in [-0.39, 0.29) is 6.61 Å². The first-order valence-corrected chi connectivity index (χ1v) is 4.96. The smallest absolute Gasteiger partial charge is 0.0558 e. The second-order valence-corrected chi connectivity index (χ2v) is 3.87. The van der Waals surface area contributed by atoms with Gasteiger partial charge in [0, 0.05) is 19.1 Å². The first kappa shape index (κ1) is 11.9. The molecule has 0 heterocycles. The fraction of sp³-hybridized carbons (Fsp3) is 1.00. The van der Waals surface area contributed by atoms with E-state index in [1.54, 1.807) is 0 Å². The van der Waals surface area contributed by atoms with Crippen LogP contribution in [0.2, 0.25) is 0 Å². The third-order valence-electron chi connectivity index (χ3n) is 2.20. The highest BCUT2D eigenvalue weighted by molar-refractivity contribution is 4.66. The summed E-state index contributed by atoms with van der Waals surface area (Å²) >= 11 is 0. The van der Waals surface area contributed by atoms with Crippen LogP contribution in [0.5, 0.6) is 0 Å². The van der Waals surface area contributed by atoms with Gasteiger partial charge in [-0.05, 0) is 19.3 Å². The third kappa shape index (κ3) is 4.73. The lowest BCUT2D eigenvalue weighted by Gasteiger charge is -2.29. The molecular weight excluding hydrogens is 150 g/mol. The number of nitrogens with zero attached hydrogens (tertiary/aromatic N) is 1. The molecule has 74 valence electrons. The molecule has 0 rings (SSSR count). The summed E-state index contributed by atoms with van der Waals surface area (Å²) in [6.07, 6.45) is 1.16. The van der Waals surface area contributed by atoms with E-state index in [1.165, 1.54) is 0 Å². The van der Waals surface area contributed by atoms with Crippen LogP contribution in [0.3, 0.4) is 0 Å². The van der Waals surface area contributed by atoms with E-state index < -0.39 is 0 Å². The predicted molar refractivity (Wildman–Crippen MR) is 53.2 cm³/mol. The molecule has 0 aliphatic carbocycles. The molecule has 0 aliphatic heterocycles. The van der Waals surface area contributed by atoms with Crippen molar-refractivity contribution >= 4 is 0 Å². The molecular formula is C10H23NO. The lowest BCUT2D eigenvalue weighted by Crippen LogP contribution is -2.37. The van der Waals surface area contributed by atoms with Gasteiger partial charge in [0.15, 0.2) is 0 Å². The van der Waals surface area contributed by atoms with Crippen LogP contribution < -0.4 is 0 Å². The Hall–Kier alpha value is -0.0800. The Labute approximate surface area is 76.6 Å². The van der Waals surface area contributed by atoms with Crippen LogP contribution in [0.4, 0.5) is 0 Å². The molecule has 0 aromatic heterocycles. The zero-order chi connectivity index (χ0) is 9.56. The van der Waals surface area contributed by atoms with Crippen molar-refractivity contribution < 1.29 is 5.11 Å². The van der Waals surface area contributed by atoms with E-state index in [0.717, 1.165) is 19.5 Å². The van der Waals surface area contributed by atoms with Crippen LogP contribution in [0, 0.1) is 5.92 Å². The van der Waals surface area contributed by atoms with Gasteiger partial charge in [0.25, 0.3) is 0 Å². The molecule has 0 aromatic rings. The van der Waals surface area contributed by atoms with Gasteiger partial charge in [0.2, 0.25) is 0 Å². The SMILES string of the molecule is CCC(C)N(CCO)CC(C)C. The molecule has 12 heavy (non-hydrogen) atoms. The van der Waals surface area contributed by atoms with Crippen molar-refractivity contribution in [3.63, 3.8) is 0 Å². The van der Waals surface area contributed by atoms with E-state index in [0.29, 0.717) is 12.0 Å². The maximum Gasteiger partial charge on any atom is 0.0558 e. The van der Waals surface area contributed by atoms with Gasteiger partial charge < -0.3 is 5.11 Å². The summed E-state index contributed by atoms with van der Waals surface area (Å²) in [4.78, 5) is 2.35. The molecule has 0 aromatic carbocycles. The fourth-order valence-electron chi connectivity index (χ4n) is 1.35. The van der Waals surface area contributed by atoms with Gasteiger partial charge in [-0.2, -0.15) is 0 Å². The highest BCUT2D eigenvalue weighted by Crippen LogP contribution is 2.06. The Balaban J connectivity index is 3.84. The van der Waals surface area contributed by atoms with E-state index in [1.807, 2.05) is 0 Å². The summed E-state index contributed by atoms with van der Waals surface area (Å²) < 4.78 is 0. The maximum atomic E-state index is 8.85. The normalized spacial score (nSPS) is 14.2. The van der Waals surface area contributed by atoms with E-state index in [2.05, 4.69) is 32.6 Å². The van der Waals surface area contributed by atoms with Gasteiger partial charge in [-0.1, -0.05) is 20.8 Å². The van der Waals surface area contributed by atoms with Crippen LogP contribution in [0.25, 0.3) is 0 Å². The summed E-state index contributed by atoms with van der Waals surface area (Å²) in [5.41, 5.74) is 0. The lowest BCUT2D eigenvalue weighted by molar-refractivity contribution is 0.141. The maximum absolute atomic E-state index is 8.85. The summed E-state index contributed by atoms with van der Waals surface area (Å²) in [6.45, 7) is 11.0. The largest absolute Gasteiger partial charge is 0.395 e. The molecule has 0 saturated heterocycles. The molecule has 0 fully saturated rings. The number of aliphatic hydroxyl groups excluding tert-OH is 1. The molecule has 0 spiro atoms. The zero-order valence-electron chi connectivity index (χ0n) is 8.88. The van der Waals surface area contributed by atoms with Gasteiger partial charge in [-0.3, -0.25) is 4.90 Å². The minimum absolute atomic E-state index is 0.275. The Morgan fingerprint density at radius 3 is 2.17 bits per heavy atom. The van der Waals surface area contributed by atoms with Crippen molar-refractivity contribution in [3.05, 3.63) is 0 Å². The molecule has 0 bridgehead atoms. The van der Waals surface area contributed by atoms with Gasteiger partial charge in [0.05, 0.1) is 6.61 Å². The van der Waals surface area contributed by atoms with Crippen molar-refractivity contribution in [2.24, 2.45) is 5.92 Å². The average Bonchev–Trinajstić information content (AvgIpc) is 2.01. The van der Waals surface area contributed by atoms with Gasteiger partial charge in [-0.25, -0.2) is 0 Å². The van der Waals surface area contributed by atoms with E-state index in [4.69, 9.17) is 5.11 Å². The Bertz CT molecular complexity index is 104. The van der Waals surface area contributed by atoms with Crippen molar-refractivity contribution in [1.82, 2.24) is 4.90 Å². The number of hydrogen-bond donors (Lipinski definition) is 1. The van der Waals surface area contributed by atoms with Gasteiger partial charge >= 0.3 is 0 Å². The summed E-state index contributed by atoms with van der Waals surface area (Å²) in [6, 6.07) is 0.597. The number of hydrogen-bond acceptors (Lipinski definition) is 2. The molecule has 1 unspecified atom stereocenters. The predicted octanol–water partition coefficient (Wildman–Crippen LogP) is 1.74. The molecule has 0 amide bonds. The molecule has 0 aliphatic rings. The van der Waals surface area contributed by atoms with E-state index in [9.17, 15) is 0 Å². The van der Waals surface area contributed by atoms with Gasteiger partial charge in [-0.15, -0.1) is 0 Å². The minimum atomic E-state index is 0.275. The van der Waals surface area contributed by atoms with E-state index >= 15 is 0 Å². The molecule has 0 saturated carbocycles. The minimum Gasteiger partial charge on any atom is -0.395 e. The van der Waals surface area contributed by atoms with Crippen molar-refractivity contribution in [1.29, 1.82) is 0 Å². The lowest BCUT2D eigenvalue weighted by atomic mass is 10.1. The second-order valence-electron chi connectivity index (χ2n) is 3.87. The number of rotatable bonds is 6. The molecule has 2 heteroatoms. The summed E-state index contributed by atoms with van der Waals surface area (Å²) in [5.74, 6) is 0.686. The second kappa shape index (κ2) is 6.44. The standard InChI is InChI=1S/C10H23NO/c1-5-10(4)11(6-7-12)8-9(2)3/h9-10,12H,5-8H2,1-4H3. The first-order valence-electron chi connectivity index (χ1n) is 4.96. The average molecular weight is 173 g/mol. The summed E-state index contributed by atoms with van der Waals surface area (Å²) in [7, 11) is 0. The van der Waals surface area contributed by atoms with Crippen LogP contribution >= 0.6 is 0 Å². The summed E-state index contributed by atoms with van der Waals surface area (Å²) in [5, 5.41) is 8.85. The van der Waals surface area contributed by atoms with Crippen LogP contribution in [0.1, 0.15) is 34.1 Å². The van der Waals surface area contributed by atoms with Crippen LogP contribution in [-0.2, 0) is 0 Å². The monoisotopic (exact) mass is 173 g/mol. The molecule has 0 radical (unpaired) electrons. The Morgan fingerprint density at radius 2 is 1.83 bits per heavy atom. The van der Waals surface area contributed by atoms with Crippen molar-refractivity contribution in [2.75, 3.05) is 19.7 Å². The quantitative estimate of drug-likeness (QED) is 0.661.